The molecule has 0 amide bonds. The van der Waals surface area contributed by atoms with E-state index in [0.717, 1.165) is 6.61 Å². The largest absolute Gasteiger partial charge is 0.367 e. The molecule has 5 rings (SSSR count). The van der Waals surface area contributed by atoms with Gasteiger partial charge in [-0.3, -0.25) is 0 Å². The van der Waals surface area contributed by atoms with Crippen LogP contribution in [0.4, 0.5) is 0 Å². The lowest BCUT2D eigenvalue weighted by atomic mass is 9.57. The molecule has 5 aliphatic heterocycles. The Morgan fingerprint density at radius 2 is 1.27 bits per heavy atom. The van der Waals surface area contributed by atoms with Gasteiger partial charge in [0.15, 0.2) is 0 Å². The molecule has 2 N–H and O–H groups in total. The molecule has 5 heterocycles. The molecule has 5 fully saturated rings. The van der Waals surface area contributed by atoms with Crippen molar-refractivity contribution >= 4 is 0 Å². The van der Waals surface area contributed by atoms with Crippen molar-refractivity contribution in [3.05, 3.63) is 0 Å². The summed E-state index contributed by atoms with van der Waals surface area (Å²) in [6.45, 7) is 14.2. The molecular weight excluding hydrogens is 188 g/mol. The summed E-state index contributed by atoms with van der Waals surface area (Å²) in [5, 5.41) is 0. The summed E-state index contributed by atoms with van der Waals surface area (Å²) >= 11 is 0. The summed E-state index contributed by atoms with van der Waals surface area (Å²) in [5.41, 5.74) is 1.19. The Balaban J connectivity index is 1.88. The molecule has 0 atom stereocenters. The molecule has 5 aliphatic rings. The van der Waals surface area contributed by atoms with Crippen molar-refractivity contribution in [2.45, 2.75) is 19.4 Å². The van der Waals surface area contributed by atoms with Gasteiger partial charge >= 0.3 is 0 Å². The smallest absolute Gasteiger partial charge is 0.127 e. The molecule has 15 heavy (non-hydrogen) atoms. The third-order valence-electron chi connectivity index (χ3n) is 5.78. The average molecular weight is 210 g/mol. The summed E-state index contributed by atoms with van der Waals surface area (Å²) in [6, 6.07) is 0. The SMILES string of the molecule is CC12C[NH+]3CC[NH+](C1)CC(C)(C3)C21CO1. The second-order valence-corrected chi connectivity index (χ2v) is 6.94. The van der Waals surface area contributed by atoms with Gasteiger partial charge in [-0.25, -0.2) is 0 Å². The third kappa shape index (κ3) is 0.855. The first-order valence-corrected chi connectivity index (χ1v) is 6.38. The van der Waals surface area contributed by atoms with Crippen LogP contribution in [0, 0.1) is 10.8 Å². The van der Waals surface area contributed by atoms with Gasteiger partial charge in [0.05, 0.1) is 43.6 Å². The van der Waals surface area contributed by atoms with Crippen LogP contribution in [0.15, 0.2) is 0 Å². The van der Waals surface area contributed by atoms with Crippen LogP contribution in [-0.4, -0.2) is 51.5 Å². The van der Waals surface area contributed by atoms with Gasteiger partial charge in [-0.2, -0.15) is 0 Å². The van der Waals surface area contributed by atoms with Gasteiger partial charge in [0.2, 0.25) is 0 Å². The summed E-state index contributed by atoms with van der Waals surface area (Å²) in [7, 11) is 0. The maximum Gasteiger partial charge on any atom is 0.127 e. The molecule has 3 heteroatoms. The first kappa shape index (κ1) is 8.97. The molecule has 4 bridgehead atoms. The van der Waals surface area contributed by atoms with E-state index in [-0.39, 0.29) is 5.60 Å². The highest BCUT2D eigenvalue weighted by Gasteiger charge is 2.78. The van der Waals surface area contributed by atoms with Crippen molar-refractivity contribution in [2.24, 2.45) is 10.8 Å². The fourth-order valence-corrected chi connectivity index (χ4v) is 5.23. The normalized spacial score (nSPS) is 66.0. The van der Waals surface area contributed by atoms with E-state index in [1.54, 1.807) is 0 Å². The summed E-state index contributed by atoms with van der Waals surface area (Å²) in [5.74, 6) is 0. The van der Waals surface area contributed by atoms with E-state index in [4.69, 9.17) is 4.74 Å². The van der Waals surface area contributed by atoms with Gasteiger partial charge in [-0.05, 0) is 13.8 Å². The number of hydrogen-bond donors (Lipinski definition) is 2. The number of rotatable bonds is 0. The van der Waals surface area contributed by atoms with Crippen LogP contribution in [0.3, 0.4) is 0 Å². The van der Waals surface area contributed by atoms with E-state index in [0.29, 0.717) is 10.8 Å². The zero-order valence-electron chi connectivity index (χ0n) is 9.86. The van der Waals surface area contributed by atoms with Gasteiger partial charge in [0.1, 0.15) is 18.7 Å². The average Bonchev–Trinajstić information content (AvgIpc) is 2.87. The molecule has 3 nitrogen and oxygen atoms in total. The first-order chi connectivity index (χ1) is 7.07. The van der Waals surface area contributed by atoms with E-state index in [1.165, 1.54) is 39.3 Å². The van der Waals surface area contributed by atoms with Crippen LogP contribution >= 0.6 is 0 Å². The lowest BCUT2D eigenvalue weighted by molar-refractivity contribution is -0.918. The van der Waals surface area contributed by atoms with E-state index in [9.17, 15) is 0 Å². The van der Waals surface area contributed by atoms with E-state index < -0.39 is 0 Å². The van der Waals surface area contributed by atoms with Gasteiger partial charge in [0, 0.05) is 0 Å². The van der Waals surface area contributed by atoms with Crippen molar-refractivity contribution < 1.29 is 14.5 Å². The molecule has 0 aromatic rings. The Kier molecular flexibility index (Phi) is 1.35. The second-order valence-electron chi connectivity index (χ2n) is 6.94. The summed E-state index contributed by atoms with van der Waals surface area (Å²) in [6.07, 6.45) is 0. The molecular formula is C12H22N2O+2. The number of nitrogens with one attached hydrogen (secondary N) is 2. The number of quaternary nitrogens is 2. The van der Waals surface area contributed by atoms with Gasteiger partial charge in [0.25, 0.3) is 0 Å². The maximum absolute atomic E-state index is 6.01. The standard InChI is InChI=1S/C12H20N2O/c1-10-5-13-3-4-14(6-10)8-11(2,7-13)12(10)9-15-12/h3-9H2,1-2H3/p+2. The highest BCUT2D eigenvalue weighted by molar-refractivity contribution is 5.18. The Labute approximate surface area is 91.4 Å². The molecule has 0 aromatic heterocycles. The molecule has 0 aromatic carbocycles. The molecule has 84 valence electrons. The molecule has 1 spiro atoms. The van der Waals surface area contributed by atoms with Crippen molar-refractivity contribution in [1.29, 1.82) is 0 Å². The fourth-order valence-electron chi connectivity index (χ4n) is 5.23. The number of ether oxygens (including phenoxy) is 1. The first-order valence-electron chi connectivity index (χ1n) is 6.38. The topological polar surface area (TPSA) is 21.4 Å². The van der Waals surface area contributed by atoms with Crippen molar-refractivity contribution in [3.63, 3.8) is 0 Å². The van der Waals surface area contributed by atoms with E-state index in [2.05, 4.69) is 13.8 Å². The Morgan fingerprint density at radius 1 is 0.867 bits per heavy atom. The van der Waals surface area contributed by atoms with Crippen molar-refractivity contribution in [1.82, 2.24) is 0 Å². The zero-order valence-corrected chi connectivity index (χ0v) is 9.86. The van der Waals surface area contributed by atoms with E-state index >= 15 is 0 Å². The third-order valence-corrected chi connectivity index (χ3v) is 5.78. The zero-order chi connectivity index (χ0) is 10.3. The van der Waals surface area contributed by atoms with Crippen LogP contribution in [-0.2, 0) is 4.74 Å². The summed E-state index contributed by atoms with van der Waals surface area (Å²) in [4.78, 5) is 3.68. The van der Waals surface area contributed by atoms with Crippen molar-refractivity contribution in [2.75, 3.05) is 45.9 Å². The van der Waals surface area contributed by atoms with Gasteiger partial charge in [-0.15, -0.1) is 0 Å². The highest BCUT2D eigenvalue weighted by atomic mass is 16.6. The molecule has 5 saturated heterocycles. The second kappa shape index (κ2) is 2.27. The predicted molar refractivity (Wildman–Crippen MR) is 56.0 cm³/mol. The maximum atomic E-state index is 6.01. The lowest BCUT2D eigenvalue weighted by Crippen LogP contribution is -3.19. The number of hydrogen-bond acceptors (Lipinski definition) is 1. The molecule has 0 saturated carbocycles. The van der Waals surface area contributed by atoms with E-state index in [1.807, 2.05) is 9.80 Å². The van der Waals surface area contributed by atoms with Gasteiger partial charge in [-0.1, -0.05) is 0 Å². The predicted octanol–water partition coefficient (Wildman–Crippen LogP) is -2.42. The van der Waals surface area contributed by atoms with Crippen LogP contribution < -0.4 is 9.80 Å². The van der Waals surface area contributed by atoms with Crippen molar-refractivity contribution in [3.8, 4) is 0 Å². The van der Waals surface area contributed by atoms with Crippen LogP contribution in [0.1, 0.15) is 13.8 Å². The molecule has 0 radical (unpaired) electrons. The molecule has 0 aliphatic carbocycles. The monoisotopic (exact) mass is 210 g/mol. The minimum atomic E-state index is 0.275. The molecule has 0 unspecified atom stereocenters. The van der Waals surface area contributed by atoms with Crippen LogP contribution in [0.25, 0.3) is 0 Å². The number of fused-ring (bicyclic) bond motifs is 1. The fraction of sp³-hybridized carbons (Fsp3) is 1.00. The number of epoxide rings is 1. The minimum Gasteiger partial charge on any atom is -0.367 e. The summed E-state index contributed by atoms with van der Waals surface area (Å²) < 4.78 is 6.01. The Bertz CT molecular complexity index is 284. The minimum absolute atomic E-state index is 0.275. The van der Waals surface area contributed by atoms with Crippen LogP contribution in [0.2, 0.25) is 0 Å². The Morgan fingerprint density at radius 3 is 1.60 bits per heavy atom. The Hall–Kier alpha value is -0.120. The quantitative estimate of drug-likeness (QED) is 0.427. The lowest BCUT2D eigenvalue weighted by Gasteiger charge is -2.53. The van der Waals surface area contributed by atoms with Crippen LogP contribution in [0.5, 0.6) is 0 Å². The number of piperidine rings is 2. The van der Waals surface area contributed by atoms with Gasteiger partial charge < -0.3 is 14.5 Å². The highest BCUT2D eigenvalue weighted by Crippen LogP contribution is 2.57.